The SMILES string of the molecule is COCC(=O)N1CCC2(COCc3c(C)nc(NCC4CC4)nc32)C1. The van der Waals surface area contributed by atoms with Crippen LogP contribution >= 0.6 is 0 Å². The van der Waals surface area contributed by atoms with Gasteiger partial charge in [-0.05, 0) is 32.1 Å². The lowest BCUT2D eigenvalue weighted by Gasteiger charge is -2.35. The molecule has 1 saturated carbocycles. The Bertz CT molecular complexity index is 677. The number of hydrogen-bond acceptors (Lipinski definition) is 6. The Hall–Kier alpha value is -1.73. The molecule has 7 heteroatoms. The number of anilines is 1. The number of nitrogens with zero attached hydrogens (tertiary/aromatic N) is 3. The normalized spacial score (nSPS) is 25.3. The largest absolute Gasteiger partial charge is 0.376 e. The van der Waals surface area contributed by atoms with Crippen molar-refractivity contribution in [2.75, 3.05) is 45.3 Å². The molecule has 0 radical (unpaired) electrons. The summed E-state index contributed by atoms with van der Waals surface area (Å²) in [6.07, 6.45) is 3.46. The molecule has 1 aromatic rings. The van der Waals surface area contributed by atoms with Crippen LogP contribution < -0.4 is 5.32 Å². The quantitative estimate of drug-likeness (QED) is 0.865. The third kappa shape index (κ3) is 3.22. The fourth-order valence-corrected chi connectivity index (χ4v) is 3.87. The first kappa shape index (κ1) is 16.7. The Kier molecular flexibility index (Phi) is 4.37. The summed E-state index contributed by atoms with van der Waals surface area (Å²) in [5.74, 6) is 1.52. The van der Waals surface area contributed by atoms with Crippen LogP contribution in [0.25, 0.3) is 0 Å². The number of aryl methyl sites for hydroxylation is 1. The van der Waals surface area contributed by atoms with Crippen molar-refractivity contribution in [3.8, 4) is 0 Å². The standard InChI is InChI=1S/C18H26N4O3/c1-12-14-8-25-11-18(5-6-22(10-18)15(23)9-24-2)16(14)21-17(20-12)19-7-13-3-4-13/h13H,3-11H2,1-2H3,(H,19,20,21). The van der Waals surface area contributed by atoms with Crippen LogP contribution in [0.1, 0.15) is 36.2 Å². The maximum atomic E-state index is 12.2. The Labute approximate surface area is 148 Å². The van der Waals surface area contributed by atoms with E-state index in [0.29, 0.717) is 25.7 Å². The van der Waals surface area contributed by atoms with Crippen LogP contribution in [0, 0.1) is 12.8 Å². The number of fused-ring (bicyclic) bond motifs is 2. The van der Waals surface area contributed by atoms with Gasteiger partial charge in [0, 0.05) is 38.0 Å². The van der Waals surface area contributed by atoms with Gasteiger partial charge in [-0.15, -0.1) is 0 Å². The third-order valence-corrected chi connectivity index (χ3v) is 5.56. The molecule has 1 aromatic heterocycles. The van der Waals surface area contributed by atoms with Crippen LogP contribution in [0.5, 0.6) is 0 Å². The summed E-state index contributed by atoms with van der Waals surface area (Å²) < 4.78 is 10.9. The van der Waals surface area contributed by atoms with Gasteiger partial charge in [0.1, 0.15) is 6.61 Å². The van der Waals surface area contributed by atoms with E-state index >= 15 is 0 Å². The predicted octanol–water partition coefficient (Wildman–Crippen LogP) is 1.25. The van der Waals surface area contributed by atoms with Crippen LogP contribution in [0.15, 0.2) is 0 Å². The molecule has 7 nitrogen and oxygen atoms in total. The summed E-state index contributed by atoms with van der Waals surface area (Å²) in [4.78, 5) is 23.6. The Morgan fingerprint density at radius 3 is 3.04 bits per heavy atom. The molecule has 4 rings (SSSR count). The number of likely N-dealkylation sites (tertiary alicyclic amines) is 1. The first-order chi connectivity index (χ1) is 12.1. The van der Waals surface area contributed by atoms with E-state index in [9.17, 15) is 4.79 Å². The number of carbonyl (C=O) groups excluding carboxylic acids is 1. The molecule has 1 N–H and O–H groups in total. The second kappa shape index (κ2) is 6.53. The summed E-state index contributed by atoms with van der Waals surface area (Å²) >= 11 is 0. The van der Waals surface area contributed by atoms with E-state index in [1.54, 1.807) is 7.11 Å². The summed E-state index contributed by atoms with van der Waals surface area (Å²) in [6.45, 7) is 5.61. The van der Waals surface area contributed by atoms with Gasteiger partial charge >= 0.3 is 0 Å². The number of nitrogens with one attached hydrogen (secondary N) is 1. The van der Waals surface area contributed by atoms with Crippen molar-refractivity contribution < 1.29 is 14.3 Å². The van der Waals surface area contributed by atoms with E-state index in [0.717, 1.165) is 42.4 Å². The minimum absolute atomic E-state index is 0.0318. The summed E-state index contributed by atoms with van der Waals surface area (Å²) in [7, 11) is 1.55. The number of methoxy groups -OCH3 is 1. The van der Waals surface area contributed by atoms with Gasteiger partial charge in [-0.25, -0.2) is 9.97 Å². The van der Waals surface area contributed by atoms with Crippen LogP contribution in [-0.4, -0.2) is 60.7 Å². The van der Waals surface area contributed by atoms with E-state index in [-0.39, 0.29) is 17.9 Å². The van der Waals surface area contributed by atoms with Crippen molar-refractivity contribution in [1.29, 1.82) is 0 Å². The van der Waals surface area contributed by atoms with Crippen molar-refractivity contribution >= 4 is 11.9 Å². The summed E-state index contributed by atoms with van der Waals surface area (Å²) in [5.41, 5.74) is 2.91. The van der Waals surface area contributed by atoms with Gasteiger partial charge in [-0.2, -0.15) is 0 Å². The molecule has 3 aliphatic rings. The van der Waals surface area contributed by atoms with Crippen molar-refractivity contribution in [3.05, 3.63) is 17.0 Å². The fourth-order valence-electron chi connectivity index (χ4n) is 3.87. The molecule has 1 saturated heterocycles. The number of amides is 1. The number of aromatic nitrogens is 2. The van der Waals surface area contributed by atoms with E-state index in [2.05, 4.69) is 10.3 Å². The first-order valence-electron chi connectivity index (χ1n) is 9.07. The van der Waals surface area contributed by atoms with Gasteiger partial charge in [-0.1, -0.05) is 0 Å². The van der Waals surface area contributed by atoms with Gasteiger partial charge < -0.3 is 19.7 Å². The lowest BCUT2D eigenvalue weighted by atomic mass is 9.80. The molecule has 2 aliphatic heterocycles. The van der Waals surface area contributed by atoms with Crippen LogP contribution in [-0.2, 0) is 26.3 Å². The van der Waals surface area contributed by atoms with E-state index < -0.39 is 0 Å². The zero-order valence-electron chi connectivity index (χ0n) is 15.0. The highest BCUT2D eigenvalue weighted by atomic mass is 16.5. The third-order valence-electron chi connectivity index (χ3n) is 5.56. The molecule has 136 valence electrons. The Morgan fingerprint density at radius 2 is 2.28 bits per heavy atom. The summed E-state index contributed by atoms with van der Waals surface area (Å²) in [6, 6.07) is 0. The smallest absolute Gasteiger partial charge is 0.248 e. The minimum atomic E-state index is -0.222. The Morgan fingerprint density at radius 1 is 1.44 bits per heavy atom. The molecule has 1 spiro atoms. The highest BCUT2D eigenvalue weighted by Gasteiger charge is 2.46. The van der Waals surface area contributed by atoms with Gasteiger partial charge in [0.05, 0.1) is 24.3 Å². The molecule has 1 atom stereocenters. The molecule has 1 aliphatic carbocycles. The number of rotatable bonds is 5. The molecular weight excluding hydrogens is 320 g/mol. The second-order valence-corrected chi connectivity index (χ2v) is 7.56. The monoisotopic (exact) mass is 346 g/mol. The molecule has 2 fully saturated rings. The minimum Gasteiger partial charge on any atom is -0.376 e. The van der Waals surface area contributed by atoms with Crippen molar-refractivity contribution in [3.63, 3.8) is 0 Å². The van der Waals surface area contributed by atoms with Gasteiger partial charge in [0.2, 0.25) is 11.9 Å². The van der Waals surface area contributed by atoms with Crippen LogP contribution in [0.4, 0.5) is 5.95 Å². The highest BCUT2D eigenvalue weighted by molar-refractivity contribution is 5.78. The van der Waals surface area contributed by atoms with Crippen molar-refractivity contribution in [2.45, 2.75) is 38.2 Å². The number of hydrogen-bond donors (Lipinski definition) is 1. The van der Waals surface area contributed by atoms with Crippen LogP contribution in [0.3, 0.4) is 0 Å². The van der Waals surface area contributed by atoms with Crippen molar-refractivity contribution in [1.82, 2.24) is 14.9 Å². The van der Waals surface area contributed by atoms with Crippen molar-refractivity contribution in [2.24, 2.45) is 5.92 Å². The molecular formula is C18H26N4O3. The molecule has 1 unspecified atom stereocenters. The Balaban J connectivity index is 1.60. The fraction of sp³-hybridized carbons (Fsp3) is 0.722. The lowest BCUT2D eigenvalue weighted by Crippen LogP contribution is -2.42. The van der Waals surface area contributed by atoms with Gasteiger partial charge in [-0.3, -0.25) is 4.79 Å². The topological polar surface area (TPSA) is 76.6 Å². The zero-order valence-corrected chi connectivity index (χ0v) is 15.0. The molecule has 3 heterocycles. The maximum absolute atomic E-state index is 12.2. The highest BCUT2D eigenvalue weighted by Crippen LogP contribution is 2.40. The second-order valence-electron chi connectivity index (χ2n) is 7.56. The molecule has 0 bridgehead atoms. The van der Waals surface area contributed by atoms with Crippen LogP contribution in [0.2, 0.25) is 0 Å². The van der Waals surface area contributed by atoms with E-state index in [1.807, 2.05) is 11.8 Å². The molecule has 25 heavy (non-hydrogen) atoms. The average Bonchev–Trinajstić information content (AvgIpc) is 3.34. The van der Waals surface area contributed by atoms with E-state index in [4.69, 9.17) is 14.5 Å². The first-order valence-corrected chi connectivity index (χ1v) is 9.07. The maximum Gasteiger partial charge on any atom is 0.248 e. The number of carbonyl (C=O) groups is 1. The van der Waals surface area contributed by atoms with Gasteiger partial charge in [0.25, 0.3) is 0 Å². The summed E-state index contributed by atoms with van der Waals surface area (Å²) in [5, 5.41) is 3.39. The van der Waals surface area contributed by atoms with E-state index in [1.165, 1.54) is 12.8 Å². The predicted molar refractivity (Wildman–Crippen MR) is 92.4 cm³/mol. The zero-order chi connectivity index (χ0) is 17.4. The number of ether oxygens (including phenoxy) is 2. The molecule has 1 amide bonds. The van der Waals surface area contributed by atoms with Gasteiger partial charge in [0.15, 0.2) is 0 Å². The average molecular weight is 346 g/mol. The lowest BCUT2D eigenvalue weighted by molar-refractivity contribution is -0.134. The molecule has 0 aromatic carbocycles.